The highest BCUT2D eigenvalue weighted by Gasteiger charge is 2.18. The average molecular weight is 486 g/mol. The number of hydrazone groups is 1. The van der Waals surface area contributed by atoms with Crippen LogP contribution < -0.4 is 16.1 Å². The number of para-hydroxylation sites is 2. The van der Waals surface area contributed by atoms with Crippen molar-refractivity contribution in [2.24, 2.45) is 5.10 Å². The summed E-state index contributed by atoms with van der Waals surface area (Å²) in [6, 6.07) is 22.8. The zero-order valence-corrected chi connectivity index (χ0v) is 19.3. The number of carbonyl (C=O) groups excluding carboxylic acids is 3. The second-order valence-corrected chi connectivity index (χ2v) is 7.94. The normalized spacial score (nSPS) is 10.8. The number of aromatic nitrogens is 1. The third-order valence-electron chi connectivity index (χ3n) is 4.98. The summed E-state index contributed by atoms with van der Waals surface area (Å²) >= 11 is 6.21. The van der Waals surface area contributed by atoms with Crippen LogP contribution in [0.25, 0.3) is 10.9 Å². The molecule has 35 heavy (non-hydrogen) atoms. The quantitative estimate of drug-likeness (QED) is 0.167. The molecule has 4 rings (SSSR count). The van der Waals surface area contributed by atoms with E-state index in [1.165, 1.54) is 12.3 Å². The van der Waals surface area contributed by atoms with E-state index in [9.17, 15) is 14.4 Å². The van der Waals surface area contributed by atoms with Gasteiger partial charge in [0, 0.05) is 16.6 Å². The SMILES string of the molecule is Cc1ccc2cc(/C=N\NC(=O)C(=O)Nc3ccccc3C(=O)Nc3ccccc3)c(Cl)nc2c1. The van der Waals surface area contributed by atoms with Crippen LogP contribution in [-0.2, 0) is 9.59 Å². The number of pyridine rings is 1. The minimum absolute atomic E-state index is 0.183. The van der Waals surface area contributed by atoms with Crippen LogP contribution in [-0.4, -0.2) is 28.9 Å². The van der Waals surface area contributed by atoms with E-state index in [0.717, 1.165) is 16.5 Å². The van der Waals surface area contributed by atoms with Gasteiger partial charge in [-0.05, 0) is 48.9 Å². The Morgan fingerprint density at radius 1 is 0.886 bits per heavy atom. The fraction of sp³-hybridized carbons (Fsp3) is 0.0385. The Hall–Kier alpha value is -4.56. The third kappa shape index (κ3) is 5.87. The van der Waals surface area contributed by atoms with Gasteiger partial charge in [-0.15, -0.1) is 0 Å². The van der Waals surface area contributed by atoms with E-state index < -0.39 is 17.7 Å². The second-order valence-electron chi connectivity index (χ2n) is 7.58. The van der Waals surface area contributed by atoms with Crippen LogP contribution in [0.1, 0.15) is 21.5 Å². The molecular weight excluding hydrogens is 466 g/mol. The summed E-state index contributed by atoms with van der Waals surface area (Å²) in [5, 5.41) is 10.1. The Balaban J connectivity index is 1.41. The third-order valence-corrected chi connectivity index (χ3v) is 5.28. The number of hydrogen-bond acceptors (Lipinski definition) is 5. The molecular formula is C26H20ClN5O3. The van der Waals surface area contributed by atoms with Crippen molar-refractivity contribution in [3.63, 3.8) is 0 Å². The molecule has 0 atom stereocenters. The molecule has 1 heterocycles. The van der Waals surface area contributed by atoms with Gasteiger partial charge in [-0.1, -0.05) is 54.1 Å². The molecule has 0 radical (unpaired) electrons. The first-order valence-electron chi connectivity index (χ1n) is 10.6. The lowest BCUT2D eigenvalue weighted by Crippen LogP contribution is -2.33. The molecule has 1 aromatic heterocycles. The number of rotatable bonds is 5. The highest BCUT2D eigenvalue weighted by atomic mass is 35.5. The molecule has 4 aromatic rings. The van der Waals surface area contributed by atoms with Gasteiger partial charge in [0.1, 0.15) is 5.15 Å². The Morgan fingerprint density at radius 3 is 2.43 bits per heavy atom. The highest BCUT2D eigenvalue weighted by molar-refractivity contribution is 6.40. The Labute approximate surface area is 206 Å². The monoisotopic (exact) mass is 485 g/mol. The summed E-state index contributed by atoms with van der Waals surface area (Å²) in [4.78, 5) is 41.6. The van der Waals surface area contributed by atoms with Crippen molar-refractivity contribution in [1.82, 2.24) is 10.4 Å². The van der Waals surface area contributed by atoms with Crippen molar-refractivity contribution in [1.29, 1.82) is 0 Å². The topological polar surface area (TPSA) is 113 Å². The lowest BCUT2D eigenvalue weighted by atomic mass is 10.1. The fourth-order valence-corrected chi connectivity index (χ4v) is 3.46. The molecule has 0 aliphatic heterocycles. The van der Waals surface area contributed by atoms with Gasteiger partial charge in [0.15, 0.2) is 0 Å². The molecule has 8 nitrogen and oxygen atoms in total. The Kier molecular flexibility index (Phi) is 7.13. The lowest BCUT2D eigenvalue weighted by molar-refractivity contribution is -0.136. The van der Waals surface area contributed by atoms with E-state index in [1.54, 1.807) is 48.5 Å². The summed E-state index contributed by atoms with van der Waals surface area (Å²) in [7, 11) is 0. The Morgan fingerprint density at radius 2 is 1.63 bits per heavy atom. The van der Waals surface area contributed by atoms with Crippen LogP contribution in [0.5, 0.6) is 0 Å². The predicted molar refractivity (Wildman–Crippen MR) is 137 cm³/mol. The number of hydrogen-bond donors (Lipinski definition) is 3. The van der Waals surface area contributed by atoms with Gasteiger partial charge in [-0.25, -0.2) is 10.4 Å². The zero-order valence-electron chi connectivity index (χ0n) is 18.6. The smallest absolute Gasteiger partial charge is 0.322 e. The standard InChI is InChI=1S/C26H20ClN5O3/c1-16-11-12-17-14-18(23(27)30-22(17)13-16)15-28-32-26(35)25(34)31-21-10-6-5-9-20(21)24(33)29-19-7-3-2-4-8-19/h2-15H,1H3,(H,29,33)(H,31,34)(H,32,35)/b28-15-. The molecule has 3 aromatic carbocycles. The van der Waals surface area contributed by atoms with Gasteiger partial charge in [-0.2, -0.15) is 5.10 Å². The molecule has 174 valence electrons. The summed E-state index contributed by atoms with van der Waals surface area (Å²) in [5.41, 5.74) is 5.41. The van der Waals surface area contributed by atoms with Crippen LogP contribution in [0, 0.1) is 6.92 Å². The van der Waals surface area contributed by atoms with Crippen molar-refractivity contribution in [3.8, 4) is 0 Å². The number of amides is 3. The molecule has 0 saturated carbocycles. The molecule has 0 saturated heterocycles. The number of nitrogens with zero attached hydrogens (tertiary/aromatic N) is 2. The molecule has 0 aliphatic carbocycles. The van der Waals surface area contributed by atoms with Crippen LogP contribution in [0.2, 0.25) is 5.15 Å². The highest BCUT2D eigenvalue weighted by Crippen LogP contribution is 2.20. The molecule has 3 amide bonds. The average Bonchev–Trinajstić information content (AvgIpc) is 2.85. The number of benzene rings is 3. The van der Waals surface area contributed by atoms with Crippen LogP contribution >= 0.6 is 11.6 Å². The number of aryl methyl sites for hydroxylation is 1. The lowest BCUT2D eigenvalue weighted by Gasteiger charge is -2.11. The number of carbonyl (C=O) groups is 3. The Bertz CT molecular complexity index is 1450. The van der Waals surface area contributed by atoms with Gasteiger partial charge in [0.2, 0.25) is 0 Å². The maximum Gasteiger partial charge on any atom is 0.329 e. The van der Waals surface area contributed by atoms with E-state index in [0.29, 0.717) is 11.3 Å². The summed E-state index contributed by atoms with van der Waals surface area (Å²) in [6.45, 7) is 1.96. The van der Waals surface area contributed by atoms with Gasteiger partial charge < -0.3 is 10.6 Å². The molecule has 0 bridgehead atoms. The minimum Gasteiger partial charge on any atom is -0.322 e. The van der Waals surface area contributed by atoms with Crippen LogP contribution in [0.15, 0.2) is 84.0 Å². The first kappa shape index (κ1) is 23.6. The number of fused-ring (bicyclic) bond motifs is 1. The molecule has 3 N–H and O–H groups in total. The van der Waals surface area contributed by atoms with Crippen molar-refractivity contribution in [2.45, 2.75) is 6.92 Å². The molecule has 0 aliphatic rings. The zero-order chi connectivity index (χ0) is 24.8. The van der Waals surface area contributed by atoms with Gasteiger partial charge in [-0.3, -0.25) is 14.4 Å². The van der Waals surface area contributed by atoms with E-state index in [2.05, 4.69) is 26.1 Å². The van der Waals surface area contributed by atoms with Gasteiger partial charge in [0.05, 0.1) is 23.0 Å². The second kappa shape index (κ2) is 10.6. The summed E-state index contributed by atoms with van der Waals surface area (Å²) in [6.07, 6.45) is 1.31. The first-order valence-corrected chi connectivity index (χ1v) is 11.0. The first-order chi connectivity index (χ1) is 16.9. The maximum atomic E-state index is 12.7. The number of nitrogens with one attached hydrogen (secondary N) is 3. The minimum atomic E-state index is -1.01. The van der Waals surface area contributed by atoms with Crippen molar-refractivity contribution >= 4 is 57.8 Å². The van der Waals surface area contributed by atoms with Crippen molar-refractivity contribution in [3.05, 3.63) is 101 Å². The summed E-state index contributed by atoms with van der Waals surface area (Å²) < 4.78 is 0. The maximum absolute atomic E-state index is 12.7. The molecule has 0 spiro atoms. The van der Waals surface area contributed by atoms with E-state index in [4.69, 9.17) is 11.6 Å². The largest absolute Gasteiger partial charge is 0.329 e. The predicted octanol–water partition coefficient (Wildman–Crippen LogP) is 4.54. The molecule has 0 fully saturated rings. The van der Waals surface area contributed by atoms with Gasteiger partial charge >= 0.3 is 11.8 Å². The van der Waals surface area contributed by atoms with Crippen LogP contribution in [0.3, 0.4) is 0 Å². The summed E-state index contributed by atoms with van der Waals surface area (Å²) in [5.74, 6) is -2.43. The fourth-order valence-electron chi connectivity index (χ4n) is 3.26. The molecule has 9 heteroatoms. The van der Waals surface area contributed by atoms with E-state index >= 15 is 0 Å². The number of halogens is 1. The van der Waals surface area contributed by atoms with Gasteiger partial charge in [0.25, 0.3) is 5.91 Å². The van der Waals surface area contributed by atoms with E-state index in [-0.39, 0.29) is 16.4 Å². The van der Waals surface area contributed by atoms with Crippen molar-refractivity contribution in [2.75, 3.05) is 10.6 Å². The number of anilines is 2. The van der Waals surface area contributed by atoms with E-state index in [1.807, 2.05) is 31.2 Å². The van der Waals surface area contributed by atoms with Crippen LogP contribution in [0.4, 0.5) is 11.4 Å². The van der Waals surface area contributed by atoms with Crippen molar-refractivity contribution < 1.29 is 14.4 Å². The molecule has 0 unspecified atom stereocenters.